The summed E-state index contributed by atoms with van der Waals surface area (Å²) in [7, 11) is -1.54. The molecule has 0 bridgehead atoms. The average molecular weight is 365 g/mol. The highest BCUT2D eigenvalue weighted by molar-refractivity contribution is 9.10. The zero-order valence-corrected chi connectivity index (χ0v) is 16.9. The number of aryl methyl sites for hydroxylation is 1. The third-order valence-electron chi connectivity index (χ3n) is 4.62. The zero-order chi connectivity index (χ0) is 16.0. The SMILES string of the molecule is CC(C)[Si](C#CCCc1ccc(Br)cc1)(C(C)C)C(C)C. The highest BCUT2D eigenvalue weighted by Gasteiger charge is 2.41. The largest absolute Gasteiger partial charge is 0.145 e. The topological polar surface area (TPSA) is 0 Å². The van der Waals surface area contributed by atoms with Crippen LogP contribution in [0.4, 0.5) is 0 Å². The van der Waals surface area contributed by atoms with Gasteiger partial charge in [-0.1, -0.05) is 69.6 Å². The third-order valence-corrected chi connectivity index (χ3v) is 11.5. The fourth-order valence-electron chi connectivity index (χ4n) is 3.51. The Morgan fingerprint density at radius 1 is 0.905 bits per heavy atom. The molecule has 0 aromatic heterocycles. The van der Waals surface area contributed by atoms with Crippen LogP contribution >= 0.6 is 15.9 Å². The van der Waals surface area contributed by atoms with Gasteiger partial charge in [0.05, 0.1) is 0 Å². The van der Waals surface area contributed by atoms with Crippen LogP contribution in [0.3, 0.4) is 0 Å². The van der Waals surface area contributed by atoms with Crippen molar-refractivity contribution in [2.24, 2.45) is 0 Å². The van der Waals surface area contributed by atoms with Crippen LogP contribution in [0.1, 0.15) is 53.5 Å². The van der Waals surface area contributed by atoms with E-state index in [4.69, 9.17) is 0 Å². The molecule has 0 aliphatic heterocycles. The van der Waals surface area contributed by atoms with Gasteiger partial charge in [-0.05, 0) is 40.7 Å². The van der Waals surface area contributed by atoms with E-state index < -0.39 is 8.07 Å². The van der Waals surface area contributed by atoms with Gasteiger partial charge in [-0.25, -0.2) is 0 Å². The Balaban J connectivity index is 2.79. The first-order valence-electron chi connectivity index (χ1n) is 8.05. The molecule has 0 saturated heterocycles. The molecule has 0 aliphatic carbocycles. The number of rotatable bonds is 5. The van der Waals surface area contributed by atoms with Crippen LogP contribution in [-0.2, 0) is 6.42 Å². The van der Waals surface area contributed by atoms with Gasteiger partial charge in [0.2, 0.25) is 0 Å². The minimum Gasteiger partial charge on any atom is -0.130 e. The summed E-state index contributed by atoms with van der Waals surface area (Å²) in [5.74, 6) is 3.53. The van der Waals surface area contributed by atoms with Crippen LogP contribution in [0.2, 0.25) is 16.6 Å². The molecule has 0 heterocycles. The van der Waals surface area contributed by atoms with Gasteiger partial charge < -0.3 is 0 Å². The molecule has 1 aromatic carbocycles. The molecule has 0 saturated carbocycles. The van der Waals surface area contributed by atoms with E-state index in [0.29, 0.717) is 0 Å². The molecule has 1 rings (SSSR count). The summed E-state index contributed by atoms with van der Waals surface area (Å²) in [4.78, 5) is 0. The van der Waals surface area contributed by atoms with Crippen molar-refractivity contribution in [1.82, 2.24) is 0 Å². The summed E-state index contributed by atoms with van der Waals surface area (Å²) in [6, 6.07) is 8.59. The van der Waals surface area contributed by atoms with Gasteiger partial charge in [0.25, 0.3) is 0 Å². The molecule has 0 spiro atoms. The second-order valence-corrected chi connectivity index (χ2v) is 13.3. The monoisotopic (exact) mass is 364 g/mol. The summed E-state index contributed by atoms with van der Waals surface area (Å²) in [6.45, 7) is 14.2. The minimum atomic E-state index is -1.54. The molecule has 0 amide bonds. The molecule has 0 N–H and O–H groups in total. The predicted molar refractivity (Wildman–Crippen MR) is 101 cm³/mol. The van der Waals surface area contributed by atoms with Crippen molar-refractivity contribution in [1.29, 1.82) is 0 Å². The van der Waals surface area contributed by atoms with E-state index in [0.717, 1.165) is 33.9 Å². The molecule has 0 aliphatic rings. The maximum Gasteiger partial charge on any atom is 0.145 e. The van der Waals surface area contributed by atoms with E-state index in [9.17, 15) is 0 Å². The fraction of sp³-hybridized carbons (Fsp3) is 0.579. The van der Waals surface area contributed by atoms with Crippen molar-refractivity contribution < 1.29 is 0 Å². The maximum atomic E-state index is 3.79. The number of hydrogen-bond acceptors (Lipinski definition) is 0. The molecule has 0 nitrogen and oxygen atoms in total. The van der Waals surface area contributed by atoms with Crippen molar-refractivity contribution in [3.63, 3.8) is 0 Å². The van der Waals surface area contributed by atoms with Crippen LogP contribution in [0.5, 0.6) is 0 Å². The number of hydrogen-bond donors (Lipinski definition) is 0. The molecule has 0 fully saturated rings. The Hall–Kier alpha value is -0.523. The van der Waals surface area contributed by atoms with Gasteiger partial charge in [-0.2, -0.15) is 0 Å². The average Bonchev–Trinajstić information content (AvgIpc) is 2.39. The lowest BCUT2D eigenvalue weighted by molar-refractivity contribution is 0.838. The number of halogens is 1. The van der Waals surface area contributed by atoms with E-state index in [-0.39, 0.29) is 0 Å². The Kier molecular flexibility index (Phi) is 7.23. The first-order chi connectivity index (χ1) is 9.80. The second-order valence-electron chi connectivity index (χ2n) is 6.83. The molecule has 0 radical (unpaired) electrons. The number of benzene rings is 1. The predicted octanol–water partition coefficient (Wildman–Crippen LogP) is 6.60. The van der Waals surface area contributed by atoms with Gasteiger partial charge in [-0.3, -0.25) is 0 Å². The normalized spacial score (nSPS) is 11.9. The van der Waals surface area contributed by atoms with Crippen molar-refractivity contribution in [2.75, 3.05) is 0 Å². The molecule has 1 aromatic rings. The minimum absolute atomic E-state index is 0.720. The lowest BCUT2D eigenvalue weighted by Gasteiger charge is -2.38. The van der Waals surface area contributed by atoms with Crippen LogP contribution in [0.25, 0.3) is 0 Å². The van der Waals surface area contributed by atoms with E-state index in [1.54, 1.807) is 0 Å². The molecule has 116 valence electrons. The first kappa shape index (κ1) is 18.5. The molecule has 0 unspecified atom stereocenters. The van der Waals surface area contributed by atoms with Gasteiger partial charge in [0.1, 0.15) is 8.07 Å². The molecular formula is C19H29BrSi. The first-order valence-corrected chi connectivity index (χ1v) is 11.1. The van der Waals surface area contributed by atoms with Gasteiger partial charge in [-0.15, -0.1) is 11.5 Å². The summed E-state index contributed by atoms with van der Waals surface area (Å²) >= 11 is 3.48. The van der Waals surface area contributed by atoms with E-state index in [1.807, 2.05) is 0 Å². The van der Waals surface area contributed by atoms with Crippen LogP contribution in [-0.4, -0.2) is 8.07 Å². The van der Waals surface area contributed by atoms with Crippen LogP contribution < -0.4 is 0 Å². The summed E-state index contributed by atoms with van der Waals surface area (Å²) < 4.78 is 1.14. The molecule has 0 atom stereocenters. The Morgan fingerprint density at radius 3 is 1.81 bits per heavy atom. The molecular weight excluding hydrogens is 336 g/mol. The van der Waals surface area contributed by atoms with Crippen molar-refractivity contribution >= 4 is 24.0 Å². The van der Waals surface area contributed by atoms with Crippen molar-refractivity contribution in [3.8, 4) is 11.5 Å². The highest BCUT2D eigenvalue weighted by atomic mass is 79.9. The highest BCUT2D eigenvalue weighted by Crippen LogP contribution is 2.40. The smallest absolute Gasteiger partial charge is 0.130 e. The Labute approximate surface area is 140 Å². The quantitative estimate of drug-likeness (QED) is 0.407. The van der Waals surface area contributed by atoms with E-state index in [2.05, 4.69) is 93.2 Å². The summed E-state index contributed by atoms with van der Waals surface area (Å²) in [5, 5.41) is 0. The van der Waals surface area contributed by atoms with Crippen molar-refractivity contribution in [3.05, 3.63) is 34.3 Å². The van der Waals surface area contributed by atoms with E-state index in [1.165, 1.54) is 5.56 Å². The second kappa shape index (κ2) is 8.20. The standard InChI is InChI=1S/C19H29BrSi/c1-15(2)21(16(3)4,17(5)6)14-8-7-9-18-10-12-19(20)13-11-18/h10-13,15-17H,7,9H2,1-6H3. The van der Waals surface area contributed by atoms with E-state index >= 15 is 0 Å². The van der Waals surface area contributed by atoms with Crippen LogP contribution in [0.15, 0.2) is 28.7 Å². The van der Waals surface area contributed by atoms with Crippen molar-refractivity contribution in [2.45, 2.75) is 71.0 Å². The van der Waals surface area contributed by atoms with Gasteiger partial charge >= 0.3 is 0 Å². The van der Waals surface area contributed by atoms with Gasteiger partial charge in [0.15, 0.2) is 0 Å². The summed E-state index contributed by atoms with van der Waals surface area (Å²) in [6.07, 6.45) is 2.03. The maximum absolute atomic E-state index is 3.79. The Bertz CT molecular complexity index is 467. The van der Waals surface area contributed by atoms with Gasteiger partial charge in [0, 0.05) is 10.9 Å². The Morgan fingerprint density at radius 2 is 1.38 bits per heavy atom. The fourth-order valence-corrected chi connectivity index (χ4v) is 9.07. The molecule has 21 heavy (non-hydrogen) atoms. The summed E-state index contributed by atoms with van der Waals surface area (Å²) in [5.41, 5.74) is 7.33. The lowest BCUT2D eigenvalue weighted by atomic mass is 10.1. The molecule has 2 heteroatoms. The third kappa shape index (κ3) is 4.73. The van der Waals surface area contributed by atoms with Crippen LogP contribution in [0, 0.1) is 11.5 Å². The zero-order valence-electron chi connectivity index (χ0n) is 14.3. The lowest BCUT2D eigenvalue weighted by Crippen LogP contribution is -2.43.